The Morgan fingerprint density at radius 1 is 0.240 bits per heavy atom. The lowest BCUT2D eigenvalue weighted by molar-refractivity contribution is 0.488. The Bertz CT molecular complexity index is 5000. The van der Waals surface area contributed by atoms with E-state index in [1.807, 2.05) is 0 Å². The molecular formula is C92H89B2N5O. The number of hydrogen-bond acceptors (Lipinski definition) is 6. The second-order valence-corrected chi connectivity index (χ2v) is 33.1. The first-order chi connectivity index (χ1) is 47.8. The van der Waals surface area contributed by atoms with Crippen LogP contribution in [0.2, 0.25) is 0 Å². The highest BCUT2D eigenvalue weighted by atomic mass is 16.5. The Hall–Kier alpha value is -10.4. The molecule has 16 rings (SSSR count). The smallest absolute Gasteiger partial charge is 0.256 e. The fraction of sp³-hybridized carbons (Fsp3) is 0.217. The van der Waals surface area contributed by atoms with Gasteiger partial charge in [-0.1, -0.05) is 243 Å². The molecule has 0 bridgehead atoms. The molecule has 0 aliphatic carbocycles. The summed E-state index contributed by atoms with van der Waals surface area (Å²) in [4.78, 5) is 12.5. The van der Waals surface area contributed by atoms with Gasteiger partial charge in [-0.3, -0.25) is 0 Å². The minimum absolute atomic E-state index is 0.0219. The van der Waals surface area contributed by atoms with E-state index in [2.05, 4.69) is 395 Å². The Morgan fingerprint density at radius 3 is 0.930 bits per heavy atom. The number of fused-ring (bicyclic) bond motifs is 8. The van der Waals surface area contributed by atoms with Crippen molar-refractivity contribution in [3.63, 3.8) is 0 Å². The molecule has 0 radical (unpaired) electrons. The van der Waals surface area contributed by atoms with Crippen molar-refractivity contribution in [3.05, 3.63) is 295 Å². The second-order valence-electron chi connectivity index (χ2n) is 33.1. The van der Waals surface area contributed by atoms with E-state index in [0.717, 1.165) is 108 Å². The van der Waals surface area contributed by atoms with E-state index < -0.39 is 0 Å². The monoisotopic (exact) mass is 1300 g/mol. The lowest BCUT2D eigenvalue weighted by Gasteiger charge is -2.46. The molecule has 0 atom stereocenters. The van der Waals surface area contributed by atoms with Gasteiger partial charge in [0.05, 0.1) is 11.4 Å². The predicted molar refractivity (Wildman–Crippen MR) is 429 cm³/mol. The highest BCUT2D eigenvalue weighted by molar-refractivity contribution is 7.02. The molecule has 0 amide bonds. The highest BCUT2D eigenvalue weighted by Crippen LogP contribution is 2.52. The number of ether oxygens (including phenoxy) is 1. The average Bonchev–Trinajstić information content (AvgIpc) is 0.690. The molecule has 494 valence electrons. The van der Waals surface area contributed by atoms with Crippen molar-refractivity contribution in [1.29, 1.82) is 0 Å². The van der Waals surface area contributed by atoms with E-state index in [-0.39, 0.29) is 40.5 Å². The third-order valence-electron chi connectivity index (χ3n) is 21.2. The van der Waals surface area contributed by atoms with Gasteiger partial charge in [0.15, 0.2) is 0 Å². The molecule has 12 aromatic carbocycles. The quantitative estimate of drug-likeness (QED) is 0.134. The summed E-state index contributed by atoms with van der Waals surface area (Å²) < 4.78 is 7.91. The zero-order chi connectivity index (χ0) is 69.5. The van der Waals surface area contributed by atoms with Crippen LogP contribution in [0.15, 0.2) is 267 Å². The van der Waals surface area contributed by atoms with E-state index >= 15 is 0 Å². The van der Waals surface area contributed by atoms with Crippen LogP contribution in [0.3, 0.4) is 0 Å². The number of anilines is 15. The maximum absolute atomic E-state index is 7.91. The van der Waals surface area contributed by atoms with E-state index in [9.17, 15) is 0 Å². The van der Waals surface area contributed by atoms with Gasteiger partial charge in [0, 0.05) is 86.1 Å². The number of nitrogens with zero attached hydrogens (tertiary/aromatic N) is 5. The lowest BCUT2D eigenvalue weighted by Crippen LogP contribution is -2.64. The number of rotatable bonds is 9. The lowest BCUT2D eigenvalue weighted by atomic mass is 9.30. The zero-order valence-electron chi connectivity index (χ0n) is 60.7. The van der Waals surface area contributed by atoms with E-state index in [1.54, 1.807) is 0 Å². The van der Waals surface area contributed by atoms with Crippen molar-refractivity contribution < 1.29 is 4.74 Å². The van der Waals surface area contributed by atoms with E-state index in [0.29, 0.717) is 0 Å². The van der Waals surface area contributed by atoms with Crippen LogP contribution in [0.25, 0.3) is 0 Å². The Morgan fingerprint density at radius 2 is 0.550 bits per heavy atom. The summed E-state index contributed by atoms with van der Waals surface area (Å²) in [6.07, 6.45) is 0. The molecule has 0 fully saturated rings. The zero-order valence-corrected chi connectivity index (χ0v) is 60.7. The van der Waals surface area contributed by atoms with Crippen molar-refractivity contribution in [2.24, 2.45) is 0 Å². The summed E-state index contributed by atoms with van der Waals surface area (Å²) >= 11 is 0. The molecule has 0 saturated carbocycles. The minimum Gasteiger partial charge on any atom is -0.458 e. The summed E-state index contributed by atoms with van der Waals surface area (Å²) in [5.41, 5.74) is 29.8. The fourth-order valence-corrected chi connectivity index (χ4v) is 15.8. The van der Waals surface area contributed by atoms with Crippen LogP contribution < -0.4 is 62.0 Å². The van der Waals surface area contributed by atoms with Gasteiger partial charge in [-0.2, -0.15) is 0 Å². The van der Waals surface area contributed by atoms with Crippen molar-refractivity contribution in [3.8, 4) is 11.5 Å². The fourth-order valence-electron chi connectivity index (χ4n) is 15.8. The SMILES string of the molecule is CC(C)(C)c1ccc(N(c2ccc(C(C)(C)C)cc2)c2cc3c4c(c2)N(c2ccccc2)c2ccccc2B4c2cc4c(cc2O3)N(c2ccc(C(C)(C)C)cc2)c2cc(N(c3ccc(C(C)(C)C)cc3)c3ccc(C(C)(C)C)cc3)cc3c2B4c2ccccc2N3c2ccccc2)cc1. The third-order valence-corrected chi connectivity index (χ3v) is 21.2. The van der Waals surface area contributed by atoms with Gasteiger partial charge in [-0.15, -0.1) is 0 Å². The average molecular weight is 1300 g/mol. The Kier molecular flexibility index (Phi) is 15.2. The van der Waals surface area contributed by atoms with Gasteiger partial charge < -0.3 is 29.2 Å². The molecule has 0 N–H and O–H groups in total. The highest BCUT2D eigenvalue weighted by Gasteiger charge is 2.48. The molecule has 12 aromatic rings. The standard InChI is InChI=1S/C92H89B2N5O/c1-88(2,3)60-34-44-67(45-35-60)95(68-46-36-61(37-47-68)89(4,5)6)72-54-81-86-82(55-72)99(71-52-42-64(43-53-71)92(13,14)15)80-59-84-77(58-76(80)93(86)74-30-22-24-32-78(74)97(81)65-26-18-16-19-27-65)94-75-31-23-25-33-79(75)98(66-28-20-17-21-29-66)83-56-73(57-85(100-84)87(83)94)96(69-48-38-62(39-49-69)90(7,8)9)70-50-40-63(41-51-70)91(10,11)12/h16-59H,1-15H3. The summed E-state index contributed by atoms with van der Waals surface area (Å²) in [5.74, 6) is 1.67. The van der Waals surface area contributed by atoms with Gasteiger partial charge in [0.25, 0.3) is 13.4 Å². The topological polar surface area (TPSA) is 25.4 Å². The van der Waals surface area contributed by atoms with Gasteiger partial charge >= 0.3 is 0 Å². The summed E-state index contributed by atoms with van der Waals surface area (Å²) in [6, 6.07) is 101. The maximum atomic E-state index is 7.91. The van der Waals surface area contributed by atoms with Gasteiger partial charge in [0.2, 0.25) is 0 Å². The first-order valence-electron chi connectivity index (χ1n) is 35.8. The Labute approximate surface area is 594 Å². The molecule has 100 heavy (non-hydrogen) atoms. The molecule has 0 spiro atoms. The first kappa shape index (κ1) is 64.3. The third kappa shape index (κ3) is 11.1. The van der Waals surface area contributed by atoms with Crippen molar-refractivity contribution in [1.82, 2.24) is 0 Å². The molecule has 0 unspecified atom stereocenters. The van der Waals surface area contributed by atoms with E-state index in [4.69, 9.17) is 4.74 Å². The number of para-hydroxylation sites is 4. The molecule has 8 heteroatoms. The van der Waals surface area contributed by atoms with Crippen molar-refractivity contribution in [2.45, 2.75) is 131 Å². The van der Waals surface area contributed by atoms with Crippen LogP contribution in [-0.4, -0.2) is 13.4 Å². The summed E-state index contributed by atoms with van der Waals surface area (Å²) in [5, 5.41) is 0. The Balaban J connectivity index is 0.976. The largest absolute Gasteiger partial charge is 0.458 e. The number of hydrogen-bond donors (Lipinski definition) is 0. The van der Waals surface area contributed by atoms with Crippen LogP contribution >= 0.6 is 0 Å². The van der Waals surface area contributed by atoms with Crippen LogP contribution in [-0.2, 0) is 27.1 Å². The second kappa shape index (κ2) is 23.6. The maximum Gasteiger partial charge on any atom is 0.256 e. The van der Waals surface area contributed by atoms with Gasteiger partial charge in [-0.05, 0) is 203 Å². The van der Waals surface area contributed by atoms with Gasteiger partial charge in [0.1, 0.15) is 11.5 Å². The first-order valence-corrected chi connectivity index (χ1v) is 35.8. The summed E-state index contributed by atoms with van der Waals surface area (Å²) in [6.45, 7) is 34.0. The van der Waals surface area contributed by atoms with Crippen LogP contribution in [0.4, 0.5) is 85.3 Å². The van der Waals surface area contributed by atoms with Gasteiger partial charge in [-0.25, -0.2) is 0 Å². The normalized spacial score (nSPS) is 13.7. The molecule has 4 aliphatic rings. The predicted octanol–water partition coefficient (Wildman–Crippen LogP) is 21.6. The molecule has 0 saturated heterocycles. The van der Waals surface area contributed by atoms with Crippen LogP contribution in [0, 0.1) is 0 Å². The number of benzene rings is 12. The minimum atomic E-state index is -0.194. The molecule has 4 aliphatic heterocycles. The molecule has 4 heterocycles. The van der Waals surface area contributed by atoms with Crippen LogP contribution in [0.1, 0.15) is 132 Å². The van der Waals surface area contributed by atoms with Crippen molar-refractivity contribution >= 4 is 132 Å². The summed E-state index contributed by atoms with van der Waals surface area (Å²) in [7, 11) is 0. The molecular weight excluding hydrogens is 1210 g/mol. The van der Waals surface area contributed by atoms with E-state index in [1.165, 1.54) is 49.7 Å². The van der Waals surface area contributed by atoms with Crippen molar-refractivity contribution in [2.75, 3.05) is 24.5 Å². The molecule has 0 aromatic heterocycles. The van der Waals surface area contributed by atoms with Crippen LogP contribution in [0.5, 0.6) is 11.5 Å². The molecule has 6 nitrogen and oxygen atoms in total.